The second-order valence-electron chi connectivity index (χ2n) is 16.2. The van der Waals surface area contributed by atoms with Crippen LogP contribution in [0.1, 0.15) is 89.0 Å². The minimum absolute atomic E-state index is 0.0461. The van der Waals surface area contributed by atoms with Gasteiger partial charge in [0.15, 0.2) is 11.6 Å². The van der Waals surface area contributed by atoms with Crippen LogP contribution in [0.3, 0.4) is 0 Å². The minimum atomic E-state index is -4.03. The minimum Gasteiger partial charge on any atom is -0.491 e. The van der Waals surface area contributed by atoms with Gasteiger partial charge in [-0.3, -0.25) is 28.6 Å². The molecule has 2 aliphatic heterocycles. The van der Waals surface area contributed by atoms with Crippen molar-refractivity contribution < 1.29 is 46.2 Å². The topological polar surface area (TPSA) is 200 Å². The van der Waals surface area contributed by atoms with Crippen LogP contribution in [0, 0.1) is 11.7 Å². The average molecular weight is 824 g/mol. The third-order valence-electron chi connectivity index (χ3n) is 11.4. The lowest BCUT2D eigenvalue weighted by Crippen LogP contribution is -2.58. The lowest BCUT2D eigenvalue weighted by Gasteiger charge is -2.30. The molecule has 4 aliphatic rings. The molecule has 3 aromatic rings. The normalized spacial score (nSPS) is 26.4. The van der Waals surface area contributed by atoms with Crippen LogP contribution >= 0.6 is 0 Å². The predicted molar refractivity (Wildman–Crippen MR) is 209 cm³/mol. The number of ether oxygens (including phenoxy) is 3. The first-order chi connectivity index (χ1) is 27.5. The zero-order chi connectivity index (χ0) is 41.6. The van der Waals surface area contributed by atoms with Crippen LogP contribution in [0.4, 0.5) is 4.39 Å². The molecule has 2 saturated carbocycles. The smallest absolute Gasteiger partial charge is 0.272 e. The highest BCUT2D eigenvalue weighted by molar-refractivity contribution is 7.91. The molecule has 0 radical (unpaired) electrons. The first-order valence-electron chi connectivity index (χ1n) is 19.7. The van der Waals surface area contributed by atoms with E-state index in [4.69, 9.17) is 14.2 Å². The number of benzene rings is 1. The van der Waals surface area contributed by atoms with E-state index in [1.165, 1.54) is 34.9 Å². The Balaban J connectivity index is 1.23. The molecule has 3 fully saturated rings. The van der Waals surface area contributed by atoms with Crippen LogP contribution in [0.2, 0.25) is 0 Å². The number of aryl methyl sites for hydroxylation is 1. The van der Waals surface area contributed by atoms with Gasteiger partial charge in [-0.2, -0.15) is 5.10 Å². The summed E-state index contributed by atoms with van der Waals surface area (Å²) in [5.74, 6) is -3.49. The molecule has 1 unspecified atom stereocenters. The van der Waals surface area contributed by atoms with Crippen LogP contribution in [0.15, 0.2) is 42.6 Å². The number of carbonyl (C=O) groups excluding carboxylic acids is 4. The summed E-state index contributed by atoms with van der Waals surface area (Å²) in [6.45, 7) is 5.07. The second-order valence-corrected chi connectivity index (χ2v) is 18.4. The van der Waals surface area contributed by atoms with E-state index in [2.05, 4.69) is 25.4 Å². The summed E-state index contributed by atoms with van der Waals surface area (Å²) in [5.41, 5.74) is -1.31. The Morgan fingerprint density at radius 1 is 1.12 bits per heavy atom. The number of sulfonamides is 1. The molecule has 4 heterocycles. The lowest BCUT2D eigenvalue weighted by atomic mass is 10.0. The number of aromatic nitrogens is 3. The van der Waals surface area contributed by atoms with E-state index in [-0.39, 0.29) is 60.5 Å². The van der Waals surface area contributed by atoms with Gasteiger partial charge in [0.1, 0.15) is 40.7 Å². The van der Waals surface area contributed by atoms with Crippen molar-refractivity contribution >= 4 is 44.6 Å². The van der Waals surface area contributed by atoms with Crippen molar-refractivity contribution in [2.24, 2.45) is 13.0 Å². The van der Waals surface area contributed by atoms with E-state index in [0.717, 1.165) is 12.8 Å². The lowest BCUT2D eigenvalue weighted by molar-refractivity contribution is -0.141. The van der Waals surface area contributed by atoms with Gasteiger partial charge in [-0.15, -0.1) is 0 Å². The van der Waals surface area contributed by atoms with E-state index < -0.39 is 73.9 Å². The van der Waals surface area contributed by atoms with Gasteiger partial charge in [0, 0.05) is 37.0 Å². The molecule has 18 heteroatoms. The Labute approximate surface area is 336 Å². The van der Waals surface area contributed by atoms with Crippen molar-refractivity contribution in [2.75, 3.05) is 13.7 Å². The predicted octanol–water partition coefficient (Wildman–Crippen LogP) is 3.44. The Bertz CT molecular complexity index is 2260. The monoisotopic (exact) mass is 823 g/mol. The number of nitrogens with zero attached hydrogens (tertiary/aromatic N) is 4. The van der Waals surface area contributed by atoms with Crippen LogP contribution < -0.4 is 29.6 Å². The molecule has 312 valence electrons. The first kappa shape index (κ1) is 40.9. The van der Waals surface area contributed by atoms with Crippen molar-refractivity contribution in [1.82, 2.24) is 35.0 Å². The summed E-state index contributed by atoms with van der Waals surface area (Å²) in [5, 5.41) is 10.3. The van der Waals surface area contributed by atoms with E-state index in [1.54, 1.807) is 40.1 Å². The highest BCUT2D eigenvalue weighted by Gasteiger charge is 2.63. The van der Waals surface area contributed by atoms with Crippen LogP contribution in [-0.4, -0.2) is 99.9 Å². The molecule has 2 aliphatic carbocycles. The maximum atomic E-state index is 14.9. The third kappa shape index (κ3) is 8.20. The highest BCUT2D eigenvalue weighted by atomic mass is 32.2. The van der Waals surface area contributed by atoms with Gasteiger partial charge in [0.05, 0.1) is 24.5 Å². The maximum absolute atomic E-state index is 14.9. The van der Waals surface area contributed by atoms with Crippen LogP contribution in [0.5, 0.6) is 17.4 Å². The number of pyridine rings is 1. The van der Waals surface area contributed by atoms with Crippen molar-refractivity contribution in [3.63, 3.8) is 0 Å². The SMILES string of the molecule is COc1c(F)ccc2c(O[C@@H]3C[C@H]4C(=O)N[C@]5(C(=O)NS(=O)(=O)C6(C)CC6)CC5/C=C\CCCCC[C@H](NC(=O)c5ccn(C)n5)C(=O)N4C3)cc(OC(C)C)nc12. The van der Waals surface area contributed by atoms with Gasteiger partial charge in [-0.25, -0.2) is 17.8 Å². The maximum Gasteiger partial charge on any atom is 0.272 e. The molecular formula is C40H50FN7O9S. The quantitative estimate of drug-likeness (QED) is 0.253. The fourth-order valence-corrected chi connectivity index (χ4v) is 8.99. The van der Waals surface area contributed by atoms with Gasteiger partial charge in [0.2, 0.25) is 27.7 Å². The van der Waals surface area contributed by atoms with E-state index in [0.29, 0.717) is 31.1 Å². The molecule has 7 rings (SSSR count). The zero-order valence-electron chi connectivity index (χ0n) is 33.2. The first-order valence-corrected chi connectivity index (χ1v) is 21.2. The second kappa shape index (κ2) is 15.8. The Kier molecular flexibility index (Phi) is 11.2. The summed E-state index contributed by atoms with van der Waals surface area (Å²) in [7, 11) is -1.04. The van der Waals surface area contributed by atoms with Crippen LogP contribution in [-0.2, 0) is 31.5 Å². The highest BCUT2D eigenvalue weighted by Crippen LogP contribution is 2.48. The summed E-state index contributed by atoms with van der Waals surface area (Å²) in [6.07, 6.45) is 8.22. The largest absolute Gasteiger partial charge is 0.491 e. The number of fused-ring (bicyclic) bond motifs is 3. The van der Waals surface area contributed by atoms with E-state index in [9.17, 15) is 32.0 Å². The molecule has 58 heavy (non-hydrogen) atoms. The summed E-state index contributed by atoms with van der Waals surface area (Å²) >= 11 is 0. The molecule has 2 aromatic heterocycles. The van der Waals surface area contributed by atoms with E-state index >= 15 is 0 Å². The standard InChI is InChI=1S/C40H50FN7O9S/c1-23(2)56-32-20-31(26-13-14-27(41)34(55-5)33(26)43-32)57-25-19-30-36(50)44-40(38(52)46-58(53,54)39(3)16-17-39)21-24(40)11-9-7-6-8-10-12-29(37(51)48(30)22-25)42-35(49)28-15-18-47(4)45-28/h9,11,13-15,18,20,23-25,29-30H,6-8,10,12,16-17,19,21-22H2,1-5H3,(H,42,49)(H,44,50)(H,46,52)/b11-9-/t24?,25-,29+,30+,40-/m1/s1. The molecule has 0 spiro atoms. The van der Waals surface area contributed by atoms with Crippen molar-refractivity contribution in [3.8, 4) is 17.4 Å². The van der Waals surface area contributed by atoms with Crippen molar-refractivity contribution in [1.29, 1.82) is 0 Å². The van der Waals surface area contributed by atoms with Crippen LogP contribution in [0.25, 0.3) is 10.9 Å². The van der Waals surface area contributed by atoms with Gasteiger partial charge in [-0.1, -0.05) is 25.0 Å². The number of hydrogen-bond acceptors (Lipinski definition) is 11. The number of halogens is 1. The molecule has 0 bridgehead atoms. The summed E-state index contributed by atoms with van der Waals surface area (Å²) < 4.78 is 61.7. The fourth-order valence-electron chi connectivity index (χ4n) is 7.68. The summed E-state index contributed by atoms with van der Waals surface area (Å²) in [4.78, 5) is 62.4. The number of allylic oxidation sites excluding steroid dienone is 1. The Hall–Kier alpha value is -5.26. The van der Waals surface area contributed by atoms with Gasteiger partial charge < -0.3 is 29.7 Å². The average Bonchev–Trinajstić information content (AvgIpc) is 3.96. The zero-order valence-corrected chi connectivity index (χ0v) is 34.1. The third-order valence-corrected chi connectivity index (χ3v) is 13.6. The van der Waals surface area contributed by atoms with Gasteiger partial charge in [0.25, 0.3) is 11.8 Å². The molecule has 1 saturated heterocycles. The molecule has 4 amide bonds. The molecule has 1 aromatic carbocycles. The number of methoxy groups -OCH3 is 1. The summed E-state index contributed by atoms with van der Waals surface area (Å²) in [6, 6.07) is 3.55. The molecule has 5 atom stereocenters. The number of carbonyl (C=O) groups is 4. The number of amides is 4. The Morgan fingerprint density at radius 3 is 2.59 bits per heavy atom. The molecule has 3 N–H and O–H groups in total. The number of hydrogen-bond donors (Lipinski definition) is 3. The number of nitrogens with one attached hydrogen (secondary N) is 3. The molecule has 16 nitrogen and oxygen atoms in total. The Morgan fingerprint density at radius 2 is 1.90 bits per heavy atom. The van der Waals surface area contributed by atoms with E-state index in [1.807, 2.05) is 12.2 Å². The van der Waals surface area contributed by atoms with Crippen molar-refractivity contribution in [2.45, 2.75) is 113 Å². The van der Waals surface area contributed by atoms with Crippen molar-refractivity contribution in [3.05, 3.63) is 54.1 Å². The molecular weight excluding hydrogens is 774 g/mol. The van der Waals surface area contributed by atoms with Gasteiger partial charge >= 0.3 is 0 Å². The number of rotatable bonds is 10. The fraction of sp³-hybridized carbons (Fsp3) is 0.550. The van der Waals surface area contributed by atoms with Gasteiger partial charge in [-0.05, 0) is 77.5 Å².